The van der Waals surface area contributed by atoms with Crippen LogP contribution in [0, 0.1) is 6.92 Å². The molecule has 0 amide bonds. The molecule has 8 nitrogen and oxygen atoms in total. The van der Waals surface area contributed by atoms with E-state index in [1.807, 2.05) is 25.3 Å². The first-order chi connectivity index (χ1) is 12.9. The third-order valence-electron chi connectivity index (χ3n) is 4.90. The van der Waals surface area contributed by atoms with Gasteiger partial charge in [0.05, 0.1) is 17.2 Å². The fourth-order valence-electron chi connectivity index (χ4n) is 3.44. The van der Waals surface area contributed by atoms with Crippen molar-refractivity contribution in [3.05, 3.63) is 29.1 Å². The van der Waals surface area contributed by atoms with E-state index in [0.29, 0.717) is 6.42 Å². The molecule has 0 atom stereocenters. The van der Waals surface area contributed by atoms with Crippen molar-refractivity contribution in [2.45, 2.75) is 24.3 Å². The van der Waals surface area contributed by atoms with Crippen molar-refractivity contribution in [2.24, 2.45) is 0 Å². The molecule has 0 bridgehead atoms. The van der Waals surface area contributed by atoms with Gasteiger partial charge >= 0.3 is 0 Å². The first-order valence-corrected chi connectivity index (χ1v) is 11.9. The van der Waals surface area contributed by atoms with Crippen molar-refractivity contribution in [1.29, 1.82) is 0 Å². The van der Waals surface area contributed by atoms with Gasteiger partial charge in [0.15, 0.2) is 20.8 Å². The van der Waals surface area contributed by atoms with Gasteiger partial charge in [0, 0.05) is 44.4 Å². The lowest BCUT2D eigenvalue weighted by Gasteiger charge is -2.36. The van der Waals surface area contributed by atoms with Crippen LogP contribution in [0.15, 0.2) is 17.3 Å². The predicted octanol–water partition coefficient (Wildman–Crippen LogP) is 1.09. The first kappa shape index (κ1) is 18.4. The monoisotopic (exact) mass is 406 g/mol. The minimum Gasteiger partial charge on any atom is -0.353 e. The summed E-state index contributed by atoms with van der Waals surface area (Å²) < 4.78 is 23.8. The van der Waals surface area contributed by atoms with Crippen LogP contribution in [0.25, 0.3) is 0 Å². The average Bonchev–Trinajstić information content (AvgIpc) is 2.66. The summed E-state index contributed by atoms with van der Waals surface area (Å²) in [5.41, 5.74) is 2.58. The molecule has 2 aliphatic heterocycles. The molecule has 144 valence electrons. The molecule has 0 unspecified atom stereocenters. The van der Waals surface area contributed by atoms with Crippen molar-refractivity contribution in [2.75, 3.05) is 48.0 Å². The summed E-state index contributed by atoms with van der Waals surface area (Å²) in [6, 6.07) is 3.91. The minimum absolute atomic E-state index is 0.0719. The third-order valence-corrected chi connectivity index (χ3v) is 7.03. The summed E-state index contributed by atoms with van der Waals surface area (Å²) in [7, 11) is -3.01. The summed E-state index contributed by atoms with van der Waals surface area (Å²) in [4.78, 5) is 13.4. The Morgan fingerprint density at radius 1 is 1.00 bits per heavy atom. The molecule has 2 aliphatic rings. The smallest absolute Gasteiger partial charge is 0.189 e. The van der Waals surface area contributed by atoms with Crippen molar-refractivity contribution < 1.29 is 8.42 Å². The van der Waals surface area contributed by atoms with E-state index in [9.17, 15) is 8.42 Å². The highest BCUT2D eigenvalue weighted by molar-refractivity contribution is 7.98. The molecule has 2 aromatic heterocycles. The second kappa shape index (κ2) is 7.23. The first-order valence-electron chi connectivity index (χ1n) is 8.89. The van der Waals surface area contributed by atoms with E-state index in [1.54, 1.807) is 11.8 Å². The van der Waals surface area contributed by atoms with Gasteiger partial charge in [0.1, 0.15) is 5.82 Å². The largest absolute Gasteiger partial charge is 0.353 e. The Labute approximate surface area is 163 Å². The van der Waals surface area contributed by atoms with Gasteiger partial charge in [-0.1, -0.05) is 11.8 Å². The molecule has 0 aromatic carbocycles. The standard InChI is InChI=1S/C17H22N6O2S2/c1-12-9-15(19-17(18-12)26-2)22-4-6-23(7-5-22)16-10-13-11-27(24,25)8-3-14(13)20-21-16/h9-10H,3-8,11H2,1-2H3. The van der Waals surface area contributed by atoms with Gasteiger partial charge < -0.3 is 9.80 Å². The van der Waals surface area contributed by atoms with Gasteiger partial charge in [-0.05, 0) is 24.8 Å². The van der Waals surface area contributed by atoms with Crippen LogP contribution in [-0.4, -0.2) is 66.8 Å². The lowest BCUT2D eigenvalue weighted by atomic mass is 10.2. The maximum atomic E-state index is 11.9. The maximum absolute atomic E-state index is 11.9. The third kappa shape index (κ3) is 4.01. The number of nitrogens with zero attached hydrogens (tertiary/aromatic N) is 6. The van der Waals surface area contributed by atoms with Crippen LogP contribution in [0.3, 0.4) is 0 Å². The molecule has 0 saturated carbocycles. The zero-order valence-electron chi connectivity index (χ0n) is 15.4. The molecule has 1 saturated heterocycles. The maximum Gasteiger partial charge on any atom is 0.189 e. The number of aryl methyl sites for hydroxylation is 2. The summed E-state index contributed by atoms with van der Waals surface area (Å²) >= 11 is 1.54. The summed E-state index contributed by atoms with van der Waals surface area (Å²) in [5, 5.41) is 9.40. The molecule has 4 heterocycles. The zero-order chi connectivity index (χ0) is 19.0. The van der Waals surface area contributed by atoms with Crippen molar-refractivity contribution in [3.63, 3.8) is 0 Å². The number of piperazine rings is 1. The van der Waals surface area contributed by atoms with Crippen LogP contribution in [-0.2, 0) is 22.0 Å². The van der Waals surface area contributed by atoms with Crippen LogP contribution in [0.4, 0.5) is 11.6 Å². The van der Waals surface area contributed by atoms with Crippen LogP contribution < -0.4 is 9.80 Å². The van der Waals surface area contributed by atoms with E-state index in [1.165, 1.54) is 0 Å². The summed E-state index contributed by atoms with van der Waals surface area (Å²) in [6.45, 7) is 5.20. The Kier molecular flexibility index (Phi) is 4.94. The van der Waals surface area contributed by atoms with Crippen LogP contribution >= 0.6 is 11.8 Å². The lowest BCUT2D eigenvalue weighted by Crippen LogP contribution is -2.47. The topological polar surface area (TPSA) is 92.2 Å². The molecule has 0 spiro atoms. The number of sulfone groups is 1. The molecule has 1 fully saturated rings. The Hall–Kier alpha value is -1.94. The molecular formula is C17H22N6O2S2. The number of anilines is 2. The Morgan fingerprint density at radius 2 is 1.70 bits per heavy atom. The predicted molar refractivity (Wildman–Crippen MR) is 106 cm³/mol. The van der Waals surface area contributed by atoms with E-state index in [-0.39, 0.29) is 11.5 Å². The molecule has 27 heavy (non-hydrogen) atoms. The number of thioether (sulfide) groups is 1. The summed E-state index contributed by atoms with van der Waals surface area (Å²) in [6.07, 6.45) is 2.44. The van der Waals surface area contributed by atoms with Crippen LogP contribution in [0.2, 0.25) is 0 Å². The number of aromatic nitrogens is 4. The van der Waals surface area contributed by atoms with Crippen molar-refractivity contribution in [3.8, 4) is 0 Å². The van der Waals surface area contributed by atoms with Gasteiger partial charge in [0.25, 0.3) is 0 Å². The van der Waals surface area contributed by atoms with Gasteiger partial charge in [-0.25, -0.2) is 18.4 Å². The highest BCUT2D eigenvalue weighted by Gasteiger charge is 2.25. The van der Waals surface area contributed by atoms with Crippen molar-refractivity contribution >= 4 is 33.2 Å². The van der Waals surface area contributed by atoms with Gasteiger partial charge in [0.2, 0.25) is 0 Å². The molecule has 4 rings (SSSR count). The van der Waals surface area contributed by atoms with Crippen molar-refractivity contribution in [1.82, 2.24) is 20.2 Å². The lowest BCUT2D eigenvalue weighted by molar-refractivity contribution is 0.589. The van der Waals surface area contributed by atoms with E-state index in [4.69, 9.17) is 0 Å². The number of fused-ring (bicyclic) bond motifs is 1. The molecular weight excluding hydrogens is 384 g/mol. The van der Waals surface area contributed by atoms with E-state index in [0.717, 1.165) is 59.9 Å². The van der Waals surface area contributed by atoms with Crippen LogP contribution in [0.1, 0.15) is 17.0 Å². The highest BCUT2D eigenvalue weighted by atomic mass is 32.2. The second-order valence-corrected chi connectivity index (χ2v) is 9.80. The molecule has 0 aliphatic carbocycles. The average molecular weight is 407 g/mol. The van der Waals surface area contributed by atoms with E-state index >= 15 is 0 Å². The van der Waals surface area contributed by atoms with E-state index < -0.39 is 9.84 Å². The number of rotatable bonds is 3. The fraction of sp³-hybridized carbons (Fsp3) is 0.529. The van der Waals surface area contributed by atoms with Crippen LogP contribution in [0.5, 0.6) is 0 Å². The van der Waals surface area contributed by atoms with Gasteiger partial charge in [-0.15, -0.1) is 5.10 Å². The Morgan fingerprint density at radius 3 is 2.41 bits per heavy atom. The second-order valence-electron chi connectivity index (χ2n) is 6.84. The summed E-state index contributed by atoms with van der Waals surface area (Å²) in [5.74, 6) is 1.95. The molecule has 0 radical (unpaired) electrons. The quantitative estimate of drug-likeness (QED) is 0.548. The Balaban J connectivity index is 1.48. The van der Waals surface area contributed by atoms with Gasteiger partial charge in [-0.3, -0.25) is 0 Å². The number of hydrogen-bond donors (Lipinski definition) is 0. The normalized spacial score (nSPS) is 19.0. The van der Waals surface area contributed by atoms with Gasteiger partial charge in [-0.2, -0.15) is 5.10 Å². The molecule has 10 heteroatoms. The highest BCUT2D eigenvalue weighted by Crippen LogP contribution is 2.24. The Bertz CT molecular complexity index is 958. The number of hydrogen-bond acceptors (Lipinski definition) is 9. The fourth-order valence-corrected chi connectivity index (χ4v) is 5.23. The minimum atomic E-state index is -3.01. The van der Waals surface area contributed by atoms with E-state index in [2.05, 4.69) is 30.0 Å². The zero-order valence-corrected chi connectivity index (χ0v) is 17.1. The SMILES string of the molecule is CSc1nc(C)cc(N2CCN(c3cc4c(nn3)CCS(=O)(=O)C4)CC2)n1. The molecule has 0 N–H and O–H groups in total. The molecule has 2 aromatic rings.